The summed E-state index contributed by atoms with van der Waals surface area (Å²) in [6, 6.07) is 6.27. The van der Waals surface area contributed by atoms with E-state index < -0.39 is 0 Å². The molecule has 0 aliphatic carbocycles. The third-order valence-electron chi connectivity index (χ3n) is 3.83. The molecule has 0 fully saturated rings. The number of halogens is 1. The van der Waals surface area contributed by atoms with Crippen LogP contribution in [0.25, 0.3) is 10.9 Å². The van der Waals surface area contributed by atoms with Gasteiger partial charge in [-0.25, -0.2) is 4.99 Å². The normalized spacial score (nSPS) is 15.5. The van der Waals surface area contributed by atoms with E-state index in [0.29, 0.717) is 5.71 Å². The molecule has 0 spiro atoms. The summed E-state index contributed by atoms with van der Waals surface area (Å²) in [5.41, 5.74) is 3.94. The highest BCUT2D eigenvalue weighted by molar-refractivity contribution is 6.31. The Morgan fingerprint density at radius 1 is 1.48 bits per heavy atom. The van der Waals surface area contributed by atoms with E-state index in [1.165, 1.54) is 11.1 Å². The number of aliphatic hydroxyl groups excluding tert-OH is 1. The van der Waals surface area contributed by atoms with Crippen LogP contribution >= 0.6 is 11.6 Å². The molecule has 3 rings (SSSR count). The topological polar surface area (TPSA) is 37.5 Å². The fourth-order valence-corrected chi connectivity index (χ4v) is 3.04. The molecule has 0 atom stereocenters. The summed E-state index contributed by atoms with van der Waals surface area (Å²) in [5, 5.41) is 11.4. The van der Waals surface area contributed by atoms with Crippen LogP contribution in [0.5, 0.6) is 0 Å². The number of hydrogen-bond donors (Lipinski definition) is 1. The molecule has 4 heteroatoms. The molecular weight excluding hydrogens is 284 g/mol. The quantitative estimate of drug-likeness (QED) is 0.504. The Bertz CT molecular complexity index is 783. The van der Waals surface area contributed by atoms with E-state index in [9.17, 15) is 5.11 Å². The van der Waals surface area contributed by atoms with E-state index in [1.807, 2.05) is 6.20 Å². The molecule has 108 valence electrons. The summed E-state index contributed by atoms with van der Waals surface area (Å²) in [7, 11) is 0. The molecule has 1 aliphatic heterocycles. The summed E-state index contributed by atoms with van der Waals surface area (Å²) in [4.78, 5) is 4.22. The monoisotopic (exact) mass is 300 g/mol. The lowest BCUT2D eigenvalue weighted by atomic mass is 10.0. The van der Waals surface area contributed by atoms with Gasteiger partial charge >= 0.3 is 0 Å². The minimum atomic E-state index is 0.112. The molecule has 1 aromatic heterocycles. The number of aryl methyl sites for hydroxylation is 2. The van der Waals surface area contributed by atoms with Gasteiger partial charge in [-0.1, -0.05) is 36.4 Å². The molecule has 0 amide bonds. The van der Waals surface area contributed by atoms with Crippen molar-refractivity contribution in [2.24, 2.45) is 4.99 Å². The van der Waals surface area contributed by atoms with Gasteiger partial charge in [0, 0.05) is 23.7 Å². The Morgan fingerprint density at radius 3 is 3.00 bits per heavy atom. The summed E-state index contributed by atoms with van der Waals surface area (Å²) in [5.74, 6) is 0.112. The highest BCUT2D eigenvalue weighted by atomic mass is 35.5. The Morgan fingerprint density at radius 2 is 2.29 bits per heavy atom. The van der Waals surface area contributed by atoms with Gasteiger partial charge in [-0.05, 0) is 31.4 Å². The zero-order valence-electron chi connectivity index (χ0n) is 11.9. The van der Waals surface area contributed by atoms with Gasteiger partial charge in [0.2, 0.25) is 0 Å². The van der Waals surface area contributed by atoms with Crippen molar-refractivity contribution in [2.75, 3.05) is 0 Å². The third-order valence-corrected chi connectivity index (χ3v) is 3.92. The lowest BCUT2D eigenvalue weighted by Gasteiger charge is -2.14. The predicted octanol–water partition coefficient (Wildman–Crippen LogP) is 4.55. The van der Waals surface area contributed by atoms with Crippen molar-refractivity contribution in [3.05, 3.63) is 59.1 Å². The maximum Gasteiger partial charge on any atom is 0.137 e. The molecule has 3 nitrogen and oxygen atoms in total. The van der Waals surface area contributed by atoms with Crippen molar-refractivity contribution in [1.82, 2.24) is 4.57 Å². The van der Waals surface area contributed by atoms with Crippen molar-refractivity contribution >= 4 is 28.2 Å². The second kappa shape index (κ2) is 5.41. The molecule has 1 aliphatic rings. The number of para-hydroxylation sites is 1. The van der Waals surface area contributed by atoms with Crippen molar-refractivity contribution in [1.29, 1.82) is 0 Å². The van der Waals surface area contributed by atoms with Crippen LogP contribution in [0.4, 0.5) is 0 Å². The van der Waals surface area contributed by atoms with Crippen molar-refractivity contribution in [3.8, 4) is 0 Å². The van der Waals surface area contributed by atoms with Gasteiger partial charge < -0.3 is 9.67 Å². The minimum absolute atomic E-state index is 0.112. The summed E-state index contributed by atoms with van der Waals surface area (Å²) >= 11 is 5.83. The number of aliphatic imine (C=N–C) groups is 1. The lowest BCUT2D eigenvalue weighted by Crippen LogP contribution is -2.06. The first-order chi connectivity index (χ1) is 10.1. The van der Waals surface area contributed by atoms with Crippen LogP contribution in [-0.2, 0) is 13.0 Å². The zero-order chi connectivity index (χ0) is 15.0. The Balaban J connectivity index is 2.30. The molecule has 0 saturated carbocycles. The average Bonchev–Trinajstić information content (AvgIpc) is 2.85. The molecule has 21 heavy (non-hydrogen) atoms. The Labute approximate surface area is 128 Å². The first kappa shape index (κ1) is 14.0. The van der Waals surface area contributed by atoms with Gasteiger partial charge in [0.25, 0.3) is 0 Å². The number of rotatable bonds is 3. The Kier molecular flexibility index (Phi) is 3.60. The molecule has 1 N–H and O–H groups in total. The summed E-state index contributed by atoms with van der Waals surface area (Å²) in [6.07, 6.45) is 5.88. The second-order valence-electron chi connectivity index (χ2n) is 5.16. The zero-order valence-corrected chi connectivity index (χ0v) is 12.7. The average molecular weight is 301 g/mol. The van der Waals surface area contributed by atoms with Crippen molar-refractivity contribution in [3.63, 3.8) is 0 Å². The van der Waals surface area contributed by atoms with E-state index in [-0.39, 0.29) is 10.9 Å². The number of hydrogen-bond acceptors (Lipinski definition) is 2. The number of benzene rings is 1. The van der Waals surface area contributed by atoms with Crippen LogP contribution in [0.15, 0.2) is 53.0 Å². The predicted molar refractivity (Wildman–Crippen MR) is 88.2 cm³/mol. The van der Waals surface area contributed by atoms with Gasteiger partial charge in [-0.2, -0.15) is 0 Å². The fraction of sp³-hybridized carbons (Fsp3) is 0.235. The molecule has 2 aromatic rings. The Hall–Kier alpha value is -2.00. The lowest BCUT2D eigenvalue weighted by molar-refractivity contribution is 0.442. The van der Waals surface area contributed by atoms with E-state index in [1.54, 1.807) is 13.0 Å². The van der Waals surface area contributed by atoms with Gasteiger partial charge in [0.15, 0.2) is 0 Å². The highest BCUT2D eigenvalue weighted by Gasteiger charge is 2.20. The van der Waals surface area contributed by atoms with Gasteiger partial charge in [-0.15, -0.1) is 0 Å². The molecule has 1 aromatic carbocycles. The first-order valence-corrected chi connectivity index (χ1v) is 7.39. The van der Waals surface area contributed by atoms with Gasteiger partial charge in [-0.3, -0.25) is 0 Å². The number of allylic oxidation sites excluding steroid dienone is 2. The van der Waals surface area contributed by atoms with E-state index in [4.69, 9.17) is 11.6 Å². The minimum Gasteiger partial charge on any atom is -0.506 e. The molecular formula is C17H17ClN2O. The van der Waals surface area contributed by atoms with E-state index in [0.717, 1.165) is 30.3 Å². The molecule has 0 radical (unpaired) electrons. The summed E-state index contributed by atoms with van der Waals surface area (Å²) in [6.45, 7) is 6.36. The maximum atomic E-state index is 10.2. The van der Waals surface area contributed by atoms with Crippen LogP contribution in [0.3, 0.4) is 0 Å². The van der Waals surface area contributed by atoms with Crippen molar-refractivity contribution < 1.29 is 5.11 Å². The van der Waals surface area contributed by atoms with Crippen LogP contribution in [-0.4, -0.2) is 15.4 Å². The molecule has 0 unspecified atom stereocenters. The van der Waals surface area contributed by atoms with Gasteiger partial charge in [0.05, 0.1) is 5.52 Å². The number of aliphatic hydroxyl groups is 1. The molecule has 2 heterocycles. The van der Waals surface area contributed by atoms with Crippen LogP contribution in [0.2, 0.25) is 0 Å². The van der Waals surface area contributed by atoms with Crippen LogP contribution in [0.1, 0.15) is 24.5 Å². The highest BCUT2D eigenvalue weighted by Crippen LogP contribution is 2.31. The molecule has 0 bridgehead atoms. The number of aromatic nitrogens is 1. The van der Waals surface area contributed by atoms with Crippen LogP contribution < -0.4 is 0 Å². The van der Waals surface area contributed by atoms with Crippen LogP contribution in [0, 0.1) is 0 Å². The van der Waals surface area contributed by atoms with Crippen molar-refractivity contribution in [2.45, 2.75) is 26.3 Å². The van der Waals surface area contributed by atoms with Gasteiger partial charge in [0.1, 0.15) is 16.6 Å². The largest absolute Gasteiger partial charge is 0.506 e. The SMILES string of the molecule is C=C(Cl)N=C(/C(O)=C\C)c1cn2c3c(cccc13)CCC2. The summed E-state index contributed by atoms with van der Waals surface area (Å²) < 4.78 is 2.24. The number of nitrogens with zero attached hydrogens (tertiary/aromatic N) is 2. The third kappa shape index (κ3) is 2.38. The molecule has 0 saturated heterocycles. The standard InChI is InChI=1S/C17H17ClN2O/c1-3-15(21)16(19-11(2)18)14-10-20-9-5-7-12-6-4-8-13(14)17(12)20/h3-4,6,8,10,21H,2,5,7,9H2,1H3/b15-3+,19-16?. The smallest absolute Gasteiger partial charge is 0.137 e. The maximum absolute atomic E-state index is 10.2. The van der Waals surface area contributed by atoms with E-state index in [2.05, 4.69) is 34.3 Å². The van der Waals surface area contributed by atoms with E-state index >= 15 is 0 Å². The first-order valence-electron chi connectivity index (χ1n) is 7.01. The second-order valence-corrected chi connectivity index (χ2v) is 5.60. The fourth-order valence-electron chi connectivity index (χ4n) is 2.96.